The molecule has 0 radical (unpaired) electrons. The maximum atomic E-state index is 9.93. The Bertz CT molecular complexity index is 447. The molecular formula is C11H16N4O. The van der Waals surface area contributed by atoms with Crippen molar-refractivity contribution >= 4 is 0 Å². The van der Waals surface area contributed by atoms with Crippen LogP contribution in [0.25, 0.3) is 0 Å². The lowest BCUT2D eigenvalue weighted by Gasteiger charge is -2.07. The van der Waals surface area contributed by atoms with Crippen LogP contribution in [0.15, 0.2) is 18.5 Å². The molecule has 0 saturated carbocycles. The Hall–Kier alpha value is -1.62. The van der Waals surface area contributed by atoms with Crippen molar-refractivity contribution in [3.63, 3.8) is 0 Å². The molecule has 2 aromatic rings. The summed E-state index contributed by atoms with van der Waals surface area (Å²) in [4.78, 5) is 6.94. The molecule has 2 heterocycles. The Kier molecular flexibility index (Phi) is 3.05. The highest BCUT2D eigenvalue weighted by Gasteiger charge is 2.13. The van der Waals surface area contributed by atoms with Gasteiger partial charge in [-0.25, -0.2) is 4.98 Å². The quantitative estimate of drug-likeness (QED) is 0.807. The summed E-state index contributed by atoms with van der Waals surface area (Å²) in [5.74, 6) is 0.597. The molecule has 1 unspecified atom stereocenters. The molecule has 5 heteroatoms. The lowest BCUT2D eigenvalue weighted by molar-refractivity contribution is 0.167. The third-order valence-electron chi connectivity index (χ3n) is 2.63. The van der Waals surface area contributed by atoms with Crippen LogP contribution >= 0.6 is 0 Å². The summed E-state index contributed by atoms with van der Waals surface area (Å²) in [6, 6.07) is 2.02. The molecular weight excluding hydrogens is 204 g/mol. The Morgan fingerprint density at radius 3 is 2.94 bits per heavy atom. The second-order valence-electron chi connectivity index (χ2n) is 3.80. The highest BCUT2D eigenvalue weighted by molar-refractivity contribution is 5.12. The van der Waals surface area contributed by atoms with E-state index in [9.17, 15) is 5.11 Å². The summed E-state index contributed by atoms with van der Waals surface area (Å²) >= 11 is 0. The highest BCUT2D eigenvalue weighted by atomic mass is 16.3. The number of hydrogen-bond acceptors (Lipinski definition) is 3. The predicted molar refractivity (Wildman–Crippen MR) is 59.8 cm³/mol. The number of nitrogens with one attached hydrogen (secondary N) is 1. The van der Waals surface area contributed by atoms with Gasteiger partial charge in [0, 0.05) is 31.6 Å². The number of aromatic amines is 1. The van der Waals surface area contributed by atoms with Gasteiger partial charge in [0.25, 0.3) is 0 Å². The van der Waals surface area contributed by atoms with Crippen LogP contribution in [-0.4, -0.2) is 24.9 Å². The van der Waals surface area contributed by atoms with Gasteiger partial charge in [-0.2, -0.15) is 5.10 Å². The summed E-state index contributed by atoms with van der Waals surface area (Å²) in [7, 11) is 1.89. The van der Waals surface area contributed by atoms with Crippen LogP contribution in [0.5, 0.6) is 0 Å². The zero-order chi connectivity index (χ0) is 11.5. The van der Waals surface area contributed by atoms with Gasteiger partial charge in [0.1, 0.15) is 11.9 Å². The zero-order valence-corrected chi connectivity index (χ0v) is 9.51. The van der Waals surface area contributed by atoms with E-state index in [4.69, 9.17) is 0 Å². The minimum atomic E-state index is -0.602. The normalized spacial score (nSPS) is 12.9. The maximum Gasteiger partial charge on any atom is 0.135 e. The lowest BCUT2D eigenvalue weighted by atomic mass is 10.1. The molecule has 0 saturated heterocycles. The van der Waals surface area contributed by atoms with E-state index in [2.05, 4.69) is 22.0 Å². The van der Waals surface area contributed by atoms with Crippen molar-refractivity contribution in [2.24, 2.45) is 7.05 Å². The number of H-pyrrole nitrogens is 1. The number of aromatic nitrogens is 4. The van der Waals surface area contributed by atoms with Crippen LogP contribution < -0.4 is 0 Å². The number of aliphatic hydroxyl groups is 1. The van der Waals surface area contributed by atoms with Crippen LogP contribution in [0.1, 0.15) is 30.2 Å². The molecule has 0 aliphatic rings. The molecule has 0 spiro atoms. The van der Waals surface area contributed by atoms with Crippen molar-refractivity contribution in [2.45, 2.75) is 25.9 Å². The van der Waals surface area contributed by atoms with Gasteiger partial charge in [0.15, 0.2) is 0 Å². The lowest BCUT2D eigenvalue weighted by Crippen LogP contribution is -2.07. The van der Waals surface area contributed by atoms with Gasteiger partial charge in [-0.1, -0.05) is 6.92 Å². The SMILES string of the molecule is CCc1cc(CC(O)c2ncc[nH]2)n(C)n1. The topological polar surface area (TPSA) is 66.7 Å². The fourth-order valence-corrected chi connectivity index (χ4v) is 1.69. The number of rotatable bonds is 4. The van der Waals surface area contributed by atoms with E-state index in [1.54, 1.807) is 12.4 Å². The first-order valence-corrected chi connectivity index (χ1v) is 5.39. The van der Waals surface area contributed by atoms with Crippen molar-refractivity contribution in [2.75, 3.05) is 0 Å². The molecule has 86 valence electrons. The van der Waals surface area contributed by atoms with Gasteiger partial charge >= 0.3 is 0 Å². The van der Waals surface area contributed by atoms with Crippen molar-refractivity contribution in [3.8, 4) is 0 Å². The summed E-state index contributed by atoms with van der Waals surface area (Å²) in [6.45, 7) is 2.06. The maximum absolute atomic E-state index is 9.93. The van der Waals surface area contributed by atoms with Crippen molar-refractivity contribution < 1.29 is 5.11 Å². The second kappa shape index (κ2) is 4.49. The Morgan fingerprint density at radius 1 is 1.56 bits per heavy atom. The van der Waals surface area contributed by atoms with Gasteiger partial charge in [0.05, 0.1) is 5.69 Å². The summed E-state index contributed by atoms with van der Waals surface area (Å²) in [6.07, 6.45) is 4.18. The largest absolute Gasteiger partial charge is 0.385 e. The van der Waals surface area contributed by atoms with Gasteiger partial charge in [-0.3, -0.25) is 4.68 Å². The number of aliphatic hydroxyl groups excluding tert-OH is 1. The van der Waals surface area contributed by atoms with Crippen molar-refractivity contribution in [1.29, 1.82) is 0 Å². The Balaban J connectivity index is 2.11. The van der Waals surface area contributed by atoms with E-state index >= 15 is 0 Å². The fourth-order valence-electron chi connectivity index (χ4n) is 1.69. The first-order valence-electron chi connectivity index (χ1n) is 5.39. The molecule has 0 amide bonds. The number of hydrogen-bond donors (Lipinski definition) is 2. The van der Waals surface area contributed by atoms with Gasteiger partial charge < -0.3 is 10.1 Å². The average Bonchev–Trinajstić information content (AvgIpc) is 2.88. The average molecular weight is 220 g/mol. The van der Waals surface area contributed by atoms with E-state index in [0.29, 0.717) is 12.2 Å². The second-order valence-corrected chi connectivity index (χ2v) is 3.80. The molecule has 0 aromatic carbocycles. The minimum Gasteiger partial charge on any atom is -0.385 e. The third kappa shape index (κ3) is 2.14. The predicted octanol–water partition coefficient (Wildman–Crippen LogP) is 0.982. The Labute approximate surface area is 94.1 Å². The standard InChI is InChI=1S/C11H16N4O/c1-3-8-6-9(15(2)14-8)7-10(16)11-12-4-5-13-11/h4-6,10,16H,3,7H2,1-2H3,(H,12,13). The number of imidazole rings is 1. The van der Waals surface area contributed by atoms with Crippen LogP contribution in [-0.2, 0) is 19.9 Å². The van der Waals surface area contributed by atoms with Crippen LogP contribution in [0.4, 0.5) is 0 Å². The minimum absolute atomic E-state index is 0.525. The molecule has 0 aliphatic heterocycles. The van der Waals surface area contributed by atoms with E-state index in [1.165, 1.54) is 0 Å². The summed E-state index contributed by atoms with van der Waals surface area (Å²) in [5.41, 5.74) is 2.06. The molecule has 2 rings (SSSR count). The molecule has 0 bridgehead atoms. The summed E-state index contributed by atoms with van der Waals surface area (Å²) < 4.78 is 1.81. The zero-order valence-electron chi connectivity index (χ0n) is 9.51. The Morgan fingerprint density at radius 2 is 2.38 bits per heavy atom. The molecule has 0 aliphatic carbocycles. The fraction of sp³-hybridized carbons (Fsp3) is 0.455. The molecule has 5 nitrogen and oxygen atoms in total. The summed E-state index contributed by atoms with van der Waals surface area (Å²) in [5, 5.41) is 14.3. The van der Waals surface area contributed by atoms with Gasteiger partial charge in [-0.05, 0) is 12.5 Å². The van der Waals surface area contributed by atoms with E-state index < -0.39 is 6.10 Å². The van der Waals surface area contributed by atoms with Crippen LogP contribution in [0.3, 0.4) is 0 Å². The number of aryl methyl sites for hydroxylation is 2. The monoisotopic (exact) mass is 220 g/mol. The third-order valence-corrected chi connectivity index (χ3v) is 2.63. The van der Waals surface area contributed by atoms with Crippen LogP contribution in [0.2, 0.25) is 0 Å². The smallest absolute Gasteiger partial charge is 0.135 e. The highest BCUT2D eigenvalue weighted by Crippen LogP contribution is 2.15. The van der Waals surface area contributed by atoms with Crippen molar-refractivity contribution in [1.82, 2.24) is 19.7 Å². The molecule has 1 atom stereocenters. The van der Waals surface area contributed by atoms with Gasteiger partial charge in [-0.15, -0.1) is 0 Å². The van der Waals surface area contributed by atoms with Crippen molar-refractivity contribution in [3.05, 3.63) is 35.7 Å². The van der Waals surface area contributed by atoms with E-state index in [-0.39, 0.29) is 0 Å². The first-order chi connectivity index (χ1) is 7.70. The number of nitrogens with zero attached hydrogens (tertiary/aromatic N) is 3. The van der Waals surface area contributed by atoms with E-state index in [0.717, 1.165) is 17.8 Å². The molecule has 16 heavy (non-hydrogen) atoms. The molecule has 0 fully saturated rings. The first kappa shape index (κ1) is 10.9. The van der Waals surface area contributed by atoms with Crippen LogP contribution in [0, 0.1) is 0 Å². The van der Waals surface area contributed by atoms with Gasteiger partial charge in [0.2, 0.25) is 0 Å². The molecule has 2 aromatic heterocycles. The molecule has 2 N–H and O–H groups in total. The van der Waals surface area contributed by atoms with E-state index in [1.807, 2.05) is 17.8 Å².